The number of hydrogen-bond donors (Lipinski definition) is 1. The van der Waals surface area contributed by atoms with E-state index in [9.17, 15) is 4.79 Å². The van der Waals surface area contributed by atoms with E-state index >= 15 is 0 Å². The highest BCUT2D eigenvalue weighted by molar-refractivity contribution is 7.07. The normalized spacial score (nSPS) is 18.6. The summed E-state index contributed by atoms with van der Waals surface area (Å²) in [5.74, 6) is 0.277. The van der Waals surface area contributed by atoms with E-state index in [1.54, 1.807) is 11.3 Å². The van der Waals surface area contributed by atoms with E-state index in [0.717, 1.165) is 38.0 Å². The summed E-state index contributed by atoms with van der Waals surface area (Å²) in [6.45, 7) is 4.64. The number of piperidine rings is 1. The van der Waals surface area contributed by atoms with Gasteiger partial charge in [0.15, 0.2) is 0 Å². The first-order valence-corrected chi connectivity index (χ1v) is 7.45. The molecule has 1 fully saturated rings. The summed E-state index contributed by atoms with van der Waals surface area (Å²) in [5, 5.41) is 5.34. The maximum atomic E-state index is 12.7. The van der Waals surface area contributed by atoms with E-state index in [0.29, 0.717) is 6.54 Å². The van der Waals surface area contributed by atoms with E-state index in [4.69, 9.17) is 0 Å². The van der Waals surface area contributed by atoms with Crippen LogP contribution < -0.4 is 5.32 Å². The first kappa shape index (κ1) is 13.5. The summed E-state index contributed by atoms with van der Waals surface area (Å²) < 4.78 is 0. The third-order valence-electron chi connectivity index (χ3n) is 3.92. The van der Waals surface area contributed by atoms with Gasteiger partial charge in [-0.3, -0.25) is 4.79 Å². The molecular weight excluding hydrogens is 246 g/mol. The standard InChI is InChI=1S/C13H21N3OS/c1-3-13(4-6-14-7-5-13)12(17)16(2)8-11-9-18-10-15-11/h9-10,14H,3-8H2,1-2H3. The minimum Gasteiger partial charge on any atom is -0.339 e. The number of rotatable bonds is 4. The summed E-state index contributed by atoms with van der Waals surface area (Å²) in [7, 11) is 1.89. The number of aromatic nitrogens is 1. The Labute approximate surface area is 112 Å². The minimum atomic E-state index is -0.157. The lowest BCUT2D eigenvalue weighted by molar-refractivity contribution is -0.143. The molecule has 4 nitrogen and oxygen atoms in total. The zero-order valence-corrected chi connectivity index (χ0v) is 11.9. The molecule has 0 aromatic carbocycles. The van der Waals surface area contributed by atoms with E-state index in [2.05, 4.69) is 17.2 Å². The molecule has 1 amide bonds. The van der Waals surface area contributed by atoms with E-state index in [-0.39, 0.29) is 11.3 Å². The first-order valence-electron chi connectivity index (χ1n) is 6.51. The molecule has 0 radical (unpaired) electrons. The highest BCUT2D eigenvalue weighted by atomic mass is 32.1. The Hall–Kier alpha value is -0.940. The van der Waals surface area contributed by atoms with Crippen molar-refractivity contribution < 1.29 is 4.79 Å². The second kappa shape index (κ2) is 5.80. The van der Waals surface area contributed by atoms with Crippen LogP contribution in [0.5, 0.6) is 0 Å². The lowest BCUT2D eigenvalue weighted by Gasteiger charge is -2.38. The summed E-state index contributed by atoms with van der Waals surface area (Å²) in [5.41, 5.74) is 2.64. The van der Waals surface area contributed by atoms with Crippen molar-refractivity contribution in [3.63, 3.8) is 0 Å². The molecule has 1 aliphatic rings. The highest BCUT2D eigenvalue weighted by Gasteiger charge is 2.39. The van der Waals surface area contributed by atoms with Crippen LogP contribution in [0.15, 0.2) is 10.9 Å². The number of thiazole rings is 1. The fraction of sp³-hybridized carbons (Fsp3) is 0.692. The van der Waals surface area contributed by atoms with Crippen molar-refractivity contribution in [2.45, 2.75) is 32.7 Å². The molecule has 0 unspecified atom stereocenters. The lowest BCUT2D eigenvalue weighted by atomic mass is 9.75. The largest absolute Gasteiger partial charge is 0.339 e. The molecule has 0 spiro atoms. The van der Waals surface area contributed by atoms with E-state index in [1.807, 2.05) is 22.8 Å². The van der Waals surface area contributed by atoms with Crippen molar-refractivity contribution in [3.8, 4) is 0 Å². The topological polar surface area (TPSA) is 45.2 Å². The predicted octanol–water partition coefficient (Wildman–Crippen LogP) is 1.88. The molecule has 1 aromatic rings. The third kappa shape index (κ3) is 2.72. The molecular formula is C13H21N3OS. The Balaban J connectivity index is 2.04. The van der Waals surface area contributed by atoms with Crippen molar-refractivity contribution in [1.29, 1.82) is 0 Å². The number of nitrogens with zero attached hydrogens (tertiary/aromatic N) is 2. The fourth-order valence-electron chi connectivity index (χ4n) is 2.66. The number of hydrogen-bond acceptors (Lipinski definition) is 4. The second-order valence-electron chi connectivity index (χ2n) is 5.02. The van der Waals surface area contributed by atoms with Gasteiger partial charge in [0.05, 0.1) is 23.2 Å². The van der Waals surface area contributed by atoms with Crippen LogP contribution in [0.4, 0.5) is 0 Å². The Morgan fingerprint density at radius 3 is 2.83 bits per heavy atom. The number of carbonyl (C=O) groups is 1. The van der Waals surface area contributed by atoms with E-state index < -0.39 is 0 Å². The van der Waals surface area contributed by atoms with Gasteiger partial charge >= 0.3 is 0 Å². The third-order valence-corrected chi connectivity index (χ3v) is 4.56. The summed E-state index contributed by atoms with van der Waals surface area (Å²) in [6, 6.07) is 0. The minimum absolute atomic E-state index is 0.157. The molecule has 1 N–H and O–H groups in total. The Kier molecular flexibility index (Phi) is 4.35. The van der Waals surface area contributed by atoms with Crippen LogP contribution in [0.25, 0.3) is 0 Å². The van der Waals surface area contributed by atoms with Gasteiger partial charge in [-0.1, -0.05) is 6.92 Å². The van der Waals surface area contributed by atoms with Crippen LogP contribution in [0.2, 0.25) is 0 Å². The lowest BCUT2D eigenvalue weighted by Crippen LogP contribution is -2.47. The van der Waals surface area contributed by atoms with Crippen molar-refractivity contribution in [2.24, 2.45) is 5.41 Å². The molecule has 1 aromatic heterocycles. The van der Waals surface area contributed by atoms with Gasteiger partial charge in [-0.05, 0) is 32.4 Å². The molecule has 1 aliphatic heterocycles. The van der Waals surface area contributed by atoms with Gasteiger partial charge in [0.1, 0.15) is 0 Å². The zero-order valence-electron chi connectivity index (χ0n) is 11.1. The van der Waals surface area contributed by atoms with Crippen molar-refractivity contribution >= 4 is 17.2 Å². The smallest absolute Gasteiger partial charge is 0.228 e. The first-order chi connectivity index (χ1) is 8.68. The van der Waals surface area contributed by atoms with Crippen LogP contribution >= 0.6 is 11.3 Å². The van der Waals surface area contributed by atoms with Crippen molar-refractivity contribution in [3.05, 3.63) is 16.6 Å². The molecule has 0 saturated carbocycles. The molecule has 0 aliphatic carbocycles. The van der Waals surface area contributed by atoms with Crippen LogP contribution in [0.1, 0.15) is 31.9 Å². The summed E-state index contributed by atoms with van der Waals surface area (Å²) in [4.78, 5) is 18.7. The molecule has 0 bridgehead atoms. The van der Waals surface area contributed by atoms with Crippen LogP contribution in [0, 0.1) is 5.41 Å². The monoisotopic (exact) mass is 267 g/mol. The molecule has 1 saturated heterocycles. The maximum absolute atomic E-state index is 12.7. The Bertz CT molecular complexity index is 385. The number of carbonyl (C=O) groups excluding carboxylic acids is 1. The van der Waals surface area contributed by atoms with Gasteiger partial charge < -0.3 is 10.2 Å². The van der Waals surface area contributed by atoms with Gasteiger partial charge in [0, 0.05) is 12.4 Å². The second-order valence-corrected chi connectivity index (χ2v) is 5.74. The Morgan fingerprint density at radius 2 is 2.28 bits per heavy atom. The van der Waals surface area contributed by atoms with E-state index in [1.165, 1.54) is 0 Å². The van der Waals surface area contributed by atoms with Crippen LogP contribution in [0.3, 0.4) is 0 Å². The van der Waals surface area contributed by atoms with Crippen LogP contribution in [-0.2, 0) is 11.3 Å². The average Bonchev–Trinajstić information content (AvgIpc) is 2.91. The zero-order chi connectivity index (χ0) is 13.0. The molecule has 2 heterocycles. The summed E-state index contributed by atoms with van der Waals surface area (Å²) in [6.07, 6.45) is 2.82. The quantitative estimate of drug-likeness (QED) is 0.906. The van der Waals surface area contributed by atoms with Crippen molar-refractivity contribution in [2.75, 3.05) is 20.1 Å². The fourth-order valence-corrected chi connectivity index (χ4v) is 3.21. The average molecular weight is 267 g/mol. The number of amides is 1. The molecule has 0 atom stereocenters. The van der Waals surface area contributed by atoms with Gasteiger partial charge in [-0.25, -0.2) is 4.98 Å². The highest BCUT2D eigenvalue weighted by Crippen LogP contribution is 2.34. The van der Waals surface area contributed by atoms with Gasteiger partial charge in [0.25, 0.3) is 0 Å². The predicted molar refractivity (Wildman–Crippen MR) is 73.4 cm³/mol. The maximum Gasteiger partial charge on any atom is 0.228 e. The molecule has 5 heteroatoms. The van der Waals surface area contributed by atoms with Gasteiger partial charge in [-0.15, -0.1) is 11.3 Å². The van der Waals surface area contributed by atoms with Gasteiger partial charge in [0.2, 0.25) is 5.91 Å². The van der Waals surface area contributed by atoms with Gasteiger partial charge in [-0.2, -0.15) is 0 Å². The van der Waals surface area contributed by atoms with Crippen LogP contribution in [-0.4, -0.2) is 35.9 Å². The number of nitrogens with one attached hydrogen (secondary N) is 1. The SMILES string of the molecule is CCC1(C(=O)N(C)Cc2cscn2)CCNCC1. The van der Waals surface area contributed by atoms with Crippen molar-refractivity contribution in [1.82, 2.24) is 15.2 Å². The molecule has 2 rings (SSSR count). The summed E-state index contributed by atoms with van der Waals surface area (Å²) >= 11 is 1.57. The molecule has 18 heavy (non-hydrogen) atoms. The Morgan fingerprint density at radius 1 is 1.56 bits per heavy atom. The molecule has 100 valence electrons.